The Labute approximate surface area is 145 Å². The molecular weight excluding hydrogens is 312 g/mol. The Bertz CT molecular complexity index is 961. The van der Waals surface area contributed by atoms with E-state index in [1.54, 1.807) is 6.20 Å². The van der Waals surface area contributed by atoms with Gasteiger partial charge in [-0.05, 0) is 29.8 Å². The molecule has 0 aliphatic heterocycles. The summed E-state index contributed by atoms with van der Waals surface area (Å²) >= 11 is 0. The first-order valence-corrected chi connectivity index (χ1v) is 8.02. The summed E-state index contributed by atoms with van der Waals surface area (Å²) in [6.45, 7) is 0. The number of benzene rings is 2. The number of hydrogen-bond acceptors (Lipinski definition) is 5. The third-order valence-electron chi connectivity index (χ3n) is 3.76. The number of oxazole rings is 1. The van der Waals surface area contributed by atoms with Gasteiger partial charge in [-0.2, -0.15) is 10.1 Å². The maximum atomic E-state index is 5.65. The number of nitrogens with one attached hydrogen (secondary N) is 1. The molecule has 0 bridgehead atoms. The molecule has 0 amide bonds. The van der Waals surface area contributed by atoms with Crippen molar-refractivity contribution in [3.63, 3.8) is 0 Å². The van der Waals surface area contributed by atoms with E-state index in [1.165, 1.54) is 0 Å². The summed E-state index contributed by atoms with van der Waals surface area (Å²) in [7, 11) is 0. The molecule has 0 aliphatic rings. The fraction of sp³-hybridized carbons (Fsp3) is 0.0500. The van der Waals surface area contributed by atoms with Crippen LogP contribution < -0.4 is 5.43 Å². The number of rotatable bonds is 5. The lowest BCUT2D eigenvalue weighted by Gasteiger charge is -2.06. The first-order valence-electron chi connectivity index (χ1n) is 8.02. The summed E-state index contributed by atoms with van der Waals surface area (Å²) < 4.78 is 5.65. The molecule has 2 heterocycles. The largest absolute Gasteiger partial charge is 0.422 e. The number of para-hydroxylation sites is 2. The van der Waals surface area contributed by atoms with Gasteiger partial charge in [-0.1, -0.05) is 48.5 Å². The molecular formula is C20H16N4O. The summed E-state index contributed by atoms with van der Waals surface area (Å²) in [4.78, 5) is 8.79. The fourth-order valence-corrected chi connectivity index (χ4v) is 2.55. The minimum Gasteiger partial charge on any atom is -0.422 e. The second-order valence-electron chi connectivity index (χ2n) is 5.53. The molecule has 0 saturated carbocycles. The van der Waals surface area contributed by atoms with Crippen molar-refractivity contribution < 1.29 is 4.42 Å². The molecule has 0 radical (unpaired) electrons. The average molecular weight is 328 g/mol. The van der Waals surface area contributed by atoms with Gasteiger partial charge in [0, 0.05) is 12.6 Å². The summed E-state index contributed by atoms with van der Waals surface area (Å²) in [5.74, 6) is 0. The highest BCUT2D eigenvalue weighted by molar-refractivity contribution is 6.00. The predicted molar refractivity (Wildman–Crippen MR) is 98.6 cm³/mol. The van der Waals surface area contributed by atoms with Crippen LogP contribution in [0.4, 0.5) is 6.01 Å². The quantitative estimate of drug-likeness (QED) is 0.439. The van der Waals surface area contributed by atoms with Gasteiger partial charge in [0.2, 0.25) is 0 Å². The van der Waals surface area contributed by atoms with Gasteiger partial charge >= 0.3 is 6.01 Å². The summed E-state index contributed by atoms with van der Waals surface area (Å²) in [5, 5.41) is 4.50. The number of aromatic nitrogens is 2. The van der Waals surface area contributed by atoms with Crippen molar-refractivity contribution in [3.05, 3.63) is 90.3 Å². The lowest BCUT2D eigenvalue weighted by atomic mass is 10.1. The van der Waals surface area contributed by atoms with Crippen molar-refractivity contribution in [1.29, 1.82) is 0 Å². The number of anilines is 1. The van der Waals surface area contributed by atoms with Gasteiger partial charge in [-0.15, -0.1) is 0 Å². The Hall–Kier alpha value is -3.47. The highest BCUT2D eigenvalue weighted by Gasteiger charge is 2.08. The second-order valence-corrected chi connectivity index (χ2v) is 5.53. The van der Waals surface area contributed by atoms with E-state index in [0.29, 0.717) is 12.4 Å². The van der Waals surface area contributed by atoms with Crippen molar-refractivity contribution in [1.82, 2.24) is 9.97 Å². The molecule has 25 heavy (non-hydrogen) atoms. The van der Waals surface area contributed by atoms with Gasteiger partial charge in [-0.25, -0.2) is 5.43 Å². The maximum Gasteiger partial charge on any atom is 0.316 e. The number of nitrogens with zero attached hydrogens (tertiary/aromatic N) is 3. The van der Waals surface area contributed by atoms with E-state index >= 15 is 0 Å². The van der Waals surface area contributed by atoms with E-state index < -0.39 is 0 Å². The van der Waals surface area contributed by atoms with Crippen LogP contribution in [0.5, 0.6) is 0 Å². The van der Waals surface area contributed by atoms with Gasteiger partial charge in [0.1, 0.15) is 5.52 Å². The molecule has 0 atom stereocenters. The first kappa shape index (κ1) is 15.1. The molecule has 0 aliphatic carbocycles. The highest BCUT2D eigenvalue weighted by Crippen LogP contribution is 2.18. The Morgan fingerprint density at radius 1 is 0.920 bits per heavy atom. The van der Waals surface area contributed by atoms with Gasteiger partial charge in [0.05, 0.1) is 11.4 Å². The standard InChI is InChI=1S/C20H16N4O/c1-2-8-15(9-3-1)14-18(16-10-6-7-13-21-16)23-24-20-22-17-11-4-5-12-19(17)25-20/h1-13H,14H2,(H,22,24). The number of hydrogen-bond donors (Lipinski definition) is 1. The van der Waals surface area contributed by atoms with Crippen LogP contribution >= 0.6 is 0 Å². The molecule has 4 aromatic rings. The van der Waals surface area contributed by atoms with Crippen LogP contribution in [0.2, 0.25) is 0 Å². The second kappa shape index (κ2) is 6.97. The monoisotopic (exact) mass is 328 g/mol. The minimum absolute atomic E-state index is 0.364. The lowest BCUT2D eigenvalue weighted by molar-refractivity contribution is 0.617. The molecule has 5 nitrogen and oxygen atoms in total. The zero-order chi connectivity index (χ0) is 16.9. The first-order chi connectivity index (χ1) is 12.4. The number of fused-ring (bicyclic) bond motifs is 1. The fourth-order valence-electron chi connectivity index (χ4n) is 2.55. The van der Waals surface area contributed by atoms with Crippen LogP contribution in [-0.2, 0) is 6.42 Å². The van der Waals surface area contributed by atoms with Crippen molar-refractivity contribution in [2.24, 2.45) is 5.10 Å². The SMILES string of the molecule is c1ccc(CC(=NNc2nc3ccccc3o2)c2ccccn2)cc1. The molecule has 5 heteroatoms. The third-order valence-corrected chi connectivity index (χ3v) is 3.76. The van der Waals surface area contributed by atoms with Gasteiger partial charge < -0.3 is 4.42 Å². The molecule has 0 spiro atoms. The summed E-state index contributed by atoms with van der Waals surface area (Å²) in [6, 6.07) is 23.9. The van der Waals surface area contributed by atoms with Crippen molar-refractivity contribution >= 4 is 22.8 Å². The molecule has 122 valence electrons. The van der Waals surface area contributed by atoms with Crippen molar-refractivity contribution in [3.8, 4) is 0 Å². The van der Waals surface area contributed by atoms with Crippen LogP contribution in [0.1, 0.15) is 11.3 Å². The topological polar surface area (TPSA) is 63.3 Å². The number of pyridine rings is 1. The smallest absolute Gasteiger partial charge is 0.316 e. The van der Waals surface area contributed by atoms with Crippen LogP contribution in [-0.4, -0.2) is 15.7 Å². The lowest BCUT2D eigenvalue weighted by Crippen LogP contribution is -2.10. The van der Waals surface area contributed by atoms with E-state index in [9.17, 15) is 0 Å². The number of hydrazone groups is 1. The highest BCUT2D eigenvalue weighted by atomic mass is 16.4. The van der Waals surface area contributed by atoms with Crippen LogP contribution in [0.3, 0.4) is 0 Å². The van der Waals surface area contributed by atoms with E-state index in [-0.39, 0.29) is 0 Å². The minimum atomic E-state index is 0.364. The van der Waals surface area contributed by atoms with E-state index in [4.69, 9.17) is 4.42 Å². The summed E-state index contributed by atoms with van der Waals surface area (Å²) in [6.07, 6.45) is 2.42. The molecule has 2 aromatic heterocycles. The van der Waals surface area contributed by atoms with Crippen LogP contribution in [0.25, 0.3) is 11.1 Å². The Morgan fingerprint density at radius 3 is 2.52 bits per heavy atom. The third kappa shape index (κ3) is 3.55. The Morgan fingerprint density at radius 2 is 1.72 bits per heavy atom. The summed E-state index contributed by atoms with van der Waals surface area (Å²) in [5.41, 5.74) is 7.23. The van der Waals surface area contributed by atoms with Crippen LogP contribution in [0.15, 0.2) is 88.5 Å². The van der Waals surface area contributed by atoms with E-state index in [2.05, 4.69) is 32.6 Å². The Balaban J connectivity index is 1.63. The average Bonchev–Trinajstić information content (AvgIpc) is 3.09. The van der Waals surface area contributed by atoms with Gasteiger partial charge in [-0.3, -0.25) is 4.98 Å². The maximum absolute atomic E-state index is 5.65. The van der Waals surface area contributed by atoms with Crippen molar-refractivity contribution in [2.75, 3.05) is 5.43 Å². The molecule has 0 fully saturated rings. The zero-order valence-corrected chi connectivity index (χ0v) is 13.5. The van der Waals surface area contributed by atoms with E-state index in [0.717, 1.165) is 28.1 Å². The van der Waals surface area contributed by atoms with E-state index in [1.807, 2.05) is 60.7 Å². The zero-order valence-electron chi connectivity index (χ0n) is 13.5. The molecule has 0 unspecified atom stereocenters. The molecule has 2 aromatic carbocycles. The molecule has 4 rings (SSSR count). The van der Waals surface area contributed by atoms with Crippen LogP contribution in [0, 0.1) is 0 Å². The predicted octanol–water partition coefficient (Wildman–Crippen LogP) is 4.28. The van der Waals surface area contributed by atoms with Crippen molar-refractivity contribution in [2.45, 2.75) is 6.42 Å². The molecule has 1 N–H and O–H groups in total. The molecule has 0 saturated heterocycles. The normalized spacial score (nSPS) is 11.6. The van der Waals surface area contributed by atoms with Gasteiger partial charge in [0.15, 0.2) is 5.58 Å². The Kier molecular flexibility index (Phi) is 4.20. The van der Waals surface area contributed by atoms with Gasteiger partial charge in [0.25, 0.3) is 0 Å².